The fourth-order valence-electron chi connectivity index (χ4n) is 4.23. The van der Waals surface area contributed by atoms with Crippen LogP contribution in [0.2, 0.25) is 0 Å². The number of rotatable bonds is 6. The van der Waals surface area contributed by atoms with Crippen LogP contribution in [0.3, 0.4) is 0 Å². The van der Waals surface area contributed by atoms with Crippen molar-refractivity contribution in [1.29, 1.82) is 0 Å². The van der Waals surface area contributed by atoms with E-state index in [0.717, 1.165) is 19.4 Å². The second-order valence-electron chi connectivity index (χ2n) is 6.61. The van der Waals surface area contributed by atoms with Crippen LogP contribution in [0.25, 0.3) is 0 Å². The summed E-state index contributed by atoms with van der Waals surface area (Å²) >= 11 is 0. The van der Waals surface area contributed by atoms with Crippen molar-refractivity contribution in [3.63, 3.8) is 0 Å². The average molecular weight is 320 g/mol. The predicted molar refractivity (Wildman–Crippen MR) is 102 cm³/mol. The second kappa shape index (κ2) is 7.12. The minimum atomic E-state index is -0.0494. The lowest BCUT2D eigenvalue weighted by Crippen LogP contribution is -2.57. The molecule has 3 rings (SSSR count). The molecule has 2 nitrogen and oxygen atoms in total. The normalized spacial score (nSPS) is 21.3. The van der Waals surface area contributed by atoms with Crippen molar-refractivity contribution < 1.29 is 0 Å². The molecule has 2 aromatic rings. The Hall–Kier alpha value is -2.22. The van der Waals surface area contributed by atoms with Gasteiger partial charge in [0.15, 0.2) is 0 Å². The molecule has 0 bridgehead atoms. The van der Waals surface area contributed by atoms with Gasteiger partial charge in [0, 0.05) is 38.3 Å². The molecule has 1 heterocycles. The van der Waals surface area contributed by atoms with Gasteiger partial charge in [0.05, 0.1) is 0 Å². The van der Waals surface area contributed by atoms with Gasteiger partial charge in [-0.05, 0) is 24.5 Å². The third kappa shape index (κ3) is 2.82. The fraction of sp³-hybridized carbons (Fsp3) is 0.364. The maximum absolute atomic E-state index is 2.52. The van der Waals surface area contributed by atoms with Gasteiger partial charge in [-0.1, -0.05) is 67.6 Å². The van der Waals surface area contributed by atoms with E-state index >= 15 is 0 Å². The van der Waals surface area contributed by atoms with Crippen LogP contribution in [-0.2, 0) is 6.42 Å². The Kier molecular flexibility index (Phi) is 4.94. The Morgan fingerprint density at radius 1 is 0.875 bits per heavy atom. The molecule has 1 aliphatic heterocycles. The molecule has 0 aromatic heterocycles. The predicted octanol–water partition coefficient (Wildman–Crippen LogP) is 4.86. The second-order valence-corrected chi connectivity index (χ2v) is 6.61. The molecule has 0 saturated carbocycles. The monoisotopic (exact) mass is 320 g/mol. The molecular weight excluding hydrogens is 292 g/mol. The molecule has 2 heteroatoms. The summed E-state index contributed by atoms with van der Waals surface area (Å²) in [6.07, 6.45) is 6.62. The minimum absolute atomic E-state index is 0.0494. The number of likely N-dealkylation sites (N-methyl/N-ethyl adjacent to an activating group) is 2. The average Bonchev–Trinajstić information content (AvgIpc) is 2.94. The third-order valence-corrected chi connectivity index (χ3v) is 5.39. The van der Waals surface area contributed by atoms with Crippen LogP contribution in [0.5, 0.6) is 0 Å². The lowest BCUT2D eigenvalue weighted by atomic mass is 9.78. The van der Waals surface area contributed by atoms with Crippen molar-refractivity contribution in [1.82, 2.24) is 9.80 Å². The Morgan fingerprint density at radius 3 is 2.08 bits per heavy atom. The van der Waals surface area contributed by atoms with E-state index in [2.05, 4.69) is 104 Å². The largest absolute Gasteiger partial charge is 0.356 e. The Morgan fingerprint density at radius 2 is 1.50 bits per heavy atom. The van der Waals surface area contributed by atoms with E-state index in [1.54, 1.807) is 0 Å². The summed E-state index contributed by atoms with van der Waals surface area (Å²) in [5.41, 5.74) is 2.76. The van der Waals surface area contributed by atoms with Crippen molar-refractivity contribution in [3.05, 3.63) is 84.2 Å². The lowest BCUT2D eigenvalue weighted by Gasteiger charge is -2.50. The van der Waals surface area contributed by atoms with Crippen molar-refractivity contribution in [2.24, 2.45) is 0 Å². The first-order chi connectivity index (χ1) is 11.7. The molecule has 2 aromatic carbocycles. The van der Waals surface area contributed by atoms with Crippen molar-refractivity contribution in [2.45, 2.75) is 38.3 Å². The molecule has 126 valence electrons. The molecule has 2 atom stereocenters. The zero-order valence-electron chi connectivity index (χ0n) is 15.0. The summed E-state index contributed by atoms with van der Waals surface area (Å²) in [6.45, 7) is 5.57. The van der Waals surface area contributed by atoms with Crippen LogP contribution in [0, 0.1) is 0 Å². The summed E-state index contributed by atoms with van der Waals surface area (Å²) < 4.78 is 0. The highest BCUT2D eigenvalue weighted by atomic mass is 15.4. The summed E-state index contributed by atoms with van der Waals surface area (Å²) in [7, 11) is 2.22. The topological polar surface area (TPSA) is 6.48 Å². The van der Waals surface area contributed by atoms with Gasteiger partial charge in [-0.25, -0.2) is 0 Å². The van der Waals surface area contributed by atoms with E-state index in [1.165, 1.54) is 11.1 Å². The number of nitrogens with zero attached hydrogens (tertiary/aromatic N) is 2. The number of hydrogen-bond acceptors (Lipinski definition) is 2. The van der Waals surface area contributed by atoms with E-state index in [9.17, 15) is 0 Å². The fourth-order valence-corrected chi connectivity index (χ4v) is 4.23. The van der Waals surface area contributed by atoms with Gasteiger partial charge in [-0.15, -0.1) is 0 Å². The summed E-state index contributed by atoms with van der Waals surface area (Å²) in [6, 6.07) is 21.9. The van der Waals surface area contributed by atoms with E-state index in [4.69, 9.17) is 0 Å². The quantitative estimate of drug-likeness (QED) is 0.750. The van der Waals surface area contributed by atoms with Gasteiger partial charge < -0.3 is 9.80 Å². The maximum Gasteiger partial charge on any atom is 0.123 e. The molecule has 0 saturated heterocycles. The summed E-state index contributed by atoms with van der Waals surface area (Å²) in [4.78, 5) is 4.94. The minimum Gasteiger partial charge on any atom is -0.356 e. The zero-order chi connectivity index (χ0) is 17.0. The first kappa shape index (κ1) is 16.6. The van der Waals surface area contributed by atoms with Crippen LogP contribution in [-0.4, -0.2) is 29.1 Å². The first-order valence-corrected chi connectivity index (χ1v) is 8.99. The first-order valence-electron chi connectivity index (χ1n) is 8.99. The van der Waals surface area contributed by atoms with Gasteiger partial charge in [0.1, 0.15) is 5.66 Å². The highest BCUT2D eigenvalue weighted by molar-refractivity contribution is 5.30. The molecule has 0 radical (unpaired) electrons. The standard InChI is InChI=1S/C22H28N2/c1-4-21(20-14-10-7-11-15-20)22(18-19-12-8-6-9-13-19)23(3)16-17-24(22)5-2/h6-17,21H,4-5,18H2,1-3H3. The zero-order valence-corrected chi connectivity index (χ0v) is 15.0. The van der Waals surface area contributed by atoms with E-state index in [0.29, 0.717) is 5.92 Å². The molecule has 2 unspecified atom stereocenters. The van der Waals surface area contributed by atoms with Crippen molar-refractivity contribution >= 4 is 0 Å². The van der Waals surface area contributed by atoms with E-state index in [-0.39, 0.29) is 5.66 Å². The highest BCUT2D eigenvalue weighted by Gasteiger charge is 2.47. The lowest BCUT2D eigenvalue weighted by molar-refractivity contribution is 0.0163. The van der Waals surface area contributed by atoms with Crippen molar-refractivity contribution in [3.8, 4) is 0 Å². The number of benzene rings is 2. The van der Waals surface area contributed by atoms with Gasteiger partial charge in [0.2, 0.25) is 0 Å². The molecular formula is C22H28N2. The van der Waals surface area contributed by atoms with E-state index < -0.39 is 0 Å². The number of hydrogen-bond donors (Lipinski definition) is 0. The molecule has 0 spiro atoms. The smallest absolute Gasteiger partial charge is 0.123 e. The molecule has 24 heavy (non-hydrogen) atoms. The molecule has 0 amide bonds. The van der Waals surface area contributed by atoms with Gasteiger partial charge in [0.25, 0.3) is 0 Å². The van der Waals surface area contributed by atoms with Crippen LogP contribution >= 0.6 is 0 Å². The van der Waals surface area contributed by atoms with Crippen LogP contribution in [0.15, 0.2) is 73.1 Å². The van der Waals surface area contributed by atoms with E-state index in [1.807, 2.05) is 0 Å². The van der Waals surface area contributed by atoms with Gasteiger partial charge in [-0.3, -0.25) is 0 Å². The van der Waals surface area contributed by atoms with Crippen LogP contribution in [0.1, 0.15) is 37.3 Å². The molecule has 1 aliphatic rings. The van der Waals surface area contributed by atoms with Gasteiger partial charge >= 0.3 is 0 Å². The van der Waals surface area contributed by atoms with Crippen molar-refractivity contribution in [2.75, 3.05) is 13.6 Å². The maximum atomic E-state index is 2.52. The Balaban J connectivity index is 2.07. The molecule has 0 N–H and O–H groups in total. The SMILES string of the molecule is CCC(c1ccccc1)C1(Cc2ccccc2)N(C)C=CN1CC. The van der Waals surface area contributed by atoms with Crippen LogP contribution in [0.4, 0.5) is 0 Å². The highest BCUT2D eigenvalue weighted by Crippen LogP contribution is 2.43. The van der Waals surface area contributed by atoms with Gasteiger partial charge in [-0.2, -0.15) is 0 Å². The Bertz CT molecular complexity index is 665. The summed E-state index contributed by atoms with van der Waals surface area (Å²) in [5, 5.41) is 0. The Labute approximate surface area is 146 Å². The molecule has 0 aliphatic carbocycles. The summed E-state index contributed by atoms with van der Waals surface area (Å²) in [5.74, 6) is 0.443. The third-order valence-electron chi connectivity index (χ3n) is 5.39. The van der Waals surface area contributed by atoms with Crippen LogP contribution < -0.4 is 0 Å². The molecule has 0 fully saturated rings.